The molecule has 0 aromatic heterocycles. The van der Waals surface area contributed by atoms with Crippen molar-refractivity contribution in [1.29, 1.82) is 0 Å². The van der Waals surface area contributed by atoms with Crippen molar-refractivity contribution in [2.75, 3.05) is 0 Å². The number of hydrogen-bond acceptors (Lipinski definition) is 2. The van der Waals surface area contributed by atoms with Gasteiger partial charge in [0.15, 0.2) is 0 Å². The molecule has 1 atom stereocenters. The number of rotatable bonds is 3. The van der Waals surface area contributed by atoms with Crippen LogP contribution >= 0.6 is 27.5 Å². The molecular weight excluding hydrogens is 326 g/mol. The fourth-order valence-corrected chi connectivity index (χ4v) is 2.43. The van der Waals surface area contributed by atoms with E-state index >= 15 is 0 Å². The molecule has 4 heteroatoms. The number of ether oxygens (including phenoxy) is 1. The van der Waals surface area contributed by atoms with Crippen LogP contribution in [-0.4, -0.2) is 0 Å². The minimum atomic E-state index is -0.0408. The quantitative estimate of drug-likeness (QED) is 0.831. The minimum absolute atomic E-state index is 0.0408. The lowest BCUT2D eigenvalue weighted by Gasteiger charge is -2.12. The van der Waals surface area contributed by atoms with Gasteiger partial charge >= 0.3 is 0 Å². The lowest BCUT2D eigenvalue weighted by Crippen LogP contribution is -2.04. The summed E-state index contributed by atoms with van der Waals surface area (Å²) < 4.78 is 6.86. The molecule has 0 saturated heterocycles. The standard InChI is InChI=1S/C15H15BrClNO/c1-9-7-12(16)4-6-14(9)19-15-5-3-11(10(2)18)8-13(15)17/h3-8,10H,18H2,1-2H3/t10-/m1/s1. The molecule has 0 aliphatic rings. The highest BCUT2D eigenvalue weighted by molar-refractivity contribution is 9.10. The Morgan fingerprint density at radius 3 is 2.42 bits per heavy atom. The number of nitrogens with two attached hydrogens (primary N) is 1. The second kappa shape index (κ2) is 5.95. The van der Waals surface area contributed by atoms with Crippen molar-refractivity contribution >= 4 is 27.5 Å². The topological polar surface area (TPSA) is 35.2 Å². The van der Waals surface area contributed by atoms with Crippen molar-refractivity contribution in [2.24, 2.45) is 5.73 Å². The molecule has 100 valence electrons. The van der Waals surface area contributed by atoms with E-state index in [2.05, 4.69) is 15.9 Å². The van der Waals surface area contributed by atoms with Gasteiger partial charge in [0.2, 0.25) is 0 Å². The molecule has 0 spiro atoms. The van der Waals surface area contributed by atoms with Crippen LogP contribution in [-0.2, 0) is 0 Å². The first-order chi connectivity index (χ1) is 8.97. The van der Waals surface area contributed by atoms with Crippen molar-refractivity contribution < 1.29 is 4.74 Å². The van der Waals surface area contributed by atoms with Gasteiger partial charge in [0.1, 0.15) is 11.5 Å². The van der Waals surface area contributed by atoms with E-state index in [1.807, 2.05) is 50.2 Å². The van der Waals surface area contributed by atoms with Crippen molar-refractivity contribution in [3.63, 3.8) is 0 Å². The van der Waals surface area contributed by atoms with E-state index < -0.39 is 0 Å². The summed E-state index contributed by atoms with van der Waals surface area (Å²) >= 11 is 9.64. The van der Waals surface area contributed by atoms with E-state index in [1.165, 1.54) is 0 Å². The molecule has 2 N–H and O–H groups in total. The molecule has 2 aromatic carbocycles. The summed E-state index contributed by atoms with van der Waals surface area (Å²) in [7, 11) is 0. The molecule has 0 heterocycles. The Morgan fingerprint density at radius 2 is 1.84 bits per heavy atom. The zero-order valence-electron chi connectivity index (χ0n) is 10.8. The number of hydrogen-bond donors (Lipinski definition) is 1. The van der Waals surface area contributed by atoms with Gasteiger partial charge < -0.3 is 10.5 Å². The van der Waals surface area contributed by atoms with Gasteiger partial charge in [-0.25, -0.2) is 0 Å². The number of aryl methyl sites for hydroxylation is 1. The minimum Gasteiger partial charge on any atom is -0.456 e. The Hall–Kier alpha value is -1.03. The fraction of sp³-hybridized carbons (Fsp3) is 0.200. The van der Waals surface area contributed by atoms with Gasteiger partial charge in [0, 0.05) is 10.5 Å². The first kappa shape index (κ1) is 14.4. The summed E-state index contributed by atoms with van der Waals surface area (Å²) in [5.41, 5.74) is 7.86. The average Bonchev–Trinajstić information content (AvgIpc) is 2.34. The van der Waals surface area contributed by atoms with Gasteiger partial charge in [0.25, 0.3) is 0 Å². The normalized spacial score (nSPS) is 12.3. The van der Waals surface area contributed by atoms with E-state index in [-0.39, 0.29) is 6.04 Å². The monoisotopic (exact) mass is 339 g/mol. The second-order valence-corrected chi connectivity index (χ2v) is 5.81. The summed E-state index contributed by atoms with van der Waals surface area (Å²) in [6, 6.07) is 11.4. The average molecular weight is 341 g/mol. The lowest BCUT2D eigenvalue weighted by atomic mass is 10.1. The molecule has 0 saturated carbocycles. The Kier molecular flexibility index (Phi) is 4.50. The van der Waals surface area contributed by atoms with Crippen LogP contribution in [0.2, 0.25) is 5.02 Å². The zero-order valence-corrected chi connectivity index (χ0v) is 13.1. The van der Waals surface area contributed by atoms with Crippen LogP contribution in [0, 0.1) is 6.92 Å². The molecule has 2 nitrogen and oxygen atoms in total. The van der Waals surface area contributed by atoms with Crippen LogP contribution in [0.15, 0.2) is 40.9 Å². The van der Waals surface area contributed by atoms with Gasteiger partial charge in [-0.2, -0.15) is 0 Å². The van der Waals surface area contributed by atoms with Crippen LogP contribution in [0.1, 0.15) is 24.1 Å². The Bertz CT molecular complexity index is 599. The molecule has 0 bridgehead atoms. The highest BCUT2D eigenvalue weighted by atomic mass is 79.9. The predicted octanol–water partition coefficient (Wildman–Crippen LogP) is 5.22. The summed E-state index contributed by atoms with van der Waals surface area (Å²) in [5, 5.41) is 0.567. The summed E-state index contributed by atoms with van der Waals surface area (Å²) in [6.45, 7) is 3.91. The van der Waals surface area contributed by atoms with Crippen molar-refractivity contribution in [1.82, 2.24) is 0 Å². The Morgan fingerprint density at radius 1 is 1.16 bits per heavy atom. The van der Waals surface area contributed by atoms with E-state index in [0.717, 1.165) is 21.3 Å². The van der Waals surface area contributed by atoms with Gasteiger partial charge in [-0.1, -0.05) is 33.6 Å². The van der Waals surface area contributed by atoms with Crippen LogP contribution < -0.4 is 10.5 Å². The summed E-state index contributed by atoms with van der Waals surface area (Å²) in [4.78, 5) is 0. The molecule has 0 amide bonds. The van der Waals surface area contributed by atoms with E-state index in [1.54, 1.807) is 0 Å². The molecule has 19 heavy (non-hydrogen) atoms. The van der Waals surface area contributed by atoms with Crippen molar-refractivity contribution in [3.8, 4) is 11.5 Å². The highest BCUT2D eigenvalue weighted by Gasteiger charge is 2.08. The first-order valence-corrected chi connectivity index (χ1v) is 7.13. The van der Waals surface area contributed by atoms with E-state index in [0.29, 0.717) is 10.8 Å². The Labute approximate surface area is 126 Å². The maximum atomic E-state index is 6.22. The molecule has 0 radical (unpaired) electrons. The molecular formula is C15H15BrClNO. The third-order valence-electron chi connectivity index (χ3n) is 2.84. The molecule has 0 aliphatic heterocycles. The smallest absolute Gasteiger partial charge is 0.146 e. The predicted molar refractivity (Wildman–Crippen MR) is 83.0 cm³/mol. The van der Waals surface area contributed by atoms with Gasteiger partial charge in [-0.3, -0.25) is 0 Å². The van der Waals surface area contributed by atoms with Crippen LogP contribution in [0.4, 0.5) is 0 Å². The lowest BCUT2D eigenvalue weighted by molar-refractivity contribution is 0.478. The van der Waals surface area contributed by atoms with Crippen molar-refractivity contribution in [3.05, 3.63) is 57.0 Å². The van der Waals surface area contributed by atoms with Crippen LogP contribution in [0.3, 0.4) is 0 Å². The maximum absolute atomic E-state index is 6.22. The number of halogens is 2. The van der Waals surface area contributed by atoms with Gasteiger partial charge in [0.05, 0.1) is 5.02 Å². The molecule has 0 aliphatic carbocycles. The summed E-state index contributed by atoms with van der Waals surface area (Å²) in [5.74, 6) is 1.43. The largest absolute Gasteiger partial charge is 0.456 e. The van der Waals surface area contributed by atoms with Gasteiger partial charge in [-0.05, 0) is 55.3 Å². The third kappa shape index (κ3) is 3.50. The summed E-state index contributed by atoms with van der Waals surface area (Å²) in [6.07, 6.45) is 0. The fourth-order valence-electron chi connectivity index (χ4n) is 1.73. The maximum Gasteiger partial charge on any atom is 0.146 e. The van der Waals surface area contributed by atoms with Crippen molar-refractivity contribution in [2.45, 2.75) is 19.9 Å². The zero-order chi connectivity index (χ0) is 14.0. The van der Waals surface area contributed by atoms with Gasteiger partial charge in [-0.15, -0.1) is 0 Å². The molecule has 0 fully saturated rings. The Balaban J connectivity index is 2.28. The SMILES string of the molecule is Cc1cc(Br)ccc1Oc1ccc([C@@H](C)N)cc1Cl. The second-order valence-electron chi connectivity index (χ2n) is 4.49. The molecule has 0 unspecified atom stereocenters. The van der Waals surface area contributed by atoms with E-state index in [4.69, 9.17) is 22.1 Å². The van der Waals surface area contributed by atoms with Crippen LogP contribution in [0.5, 0.6) is 11.5 Å². The molecule has 2 aromatic rings. The highest BCUT2D eigenvalue weighted by Crippen LogP contribution is 2.33. The molecule has 2 rings (SSSR count). The van der Waals surface area contributed by atoms with Crippen LogP contribution in [0.25, 0.3) is 0 Å². The number of benzene rings is 2. The third-order valence-corrected chi connectivity index (χ3v) is 3.63. The van der Waals surface area contributed by atoms with E-state index in [9.17, 15) is 0 Å². The first-order valence-electron chi connectivity index (χ1n) is 5.96.